The molecule has 2 aliphatic heterocycles. The minimum atomic E-state index is 0.121. The van der Waals surface area contributed by atoms with Crippen LogP contribution in [0, 0.1) is 0 Å². The van der Waals surface area contributed by atoms with Crippen molar-refractivity contribution in [3.8, 4) is 5.75 Å². The van der Waals surface area contributed by atoms with E-state index in [1.165, 1.54) is 30.4 Å². The monoisotopic (exact) mass is 343 g/mol. The molecule has 1 amide bonds. The number of benzene rings is 1. The predicted octanol–water partition coefficient (Wildman–Crippen LogP) is 1.45. The van der Waals surface area contributed by atoms with Crippen LogP contribution in [0.5, 0.6) is 5.75 Å². The van der Waals surface area contributed by atoms with Gasteiger partial charge < -0.3 is 15.0 Å². The Morgan fingerprint density at radius 1 is 1.12 bits per heavy atom. The number of hydrogen-bond acceptors (Lipinski definition) is 4. The van der Waals surface area contributed by atoms with Crippen molar-refractivity contribution >= 4 is 5.91 Å². The quantitative estimate of drug-likeness (QED) is 0.899. The van der Waals surface area contributed by atoms with Gasteiger partial charge in [-0.05, 0) is 55.4 Å². The normalized spacial score (nSPS) is 24.2. The lowest BCUT2D eigenvalue weighted by Crippen LogP contribution is -2.49. The number of nitrogens with zero attached hydrogens (tertiary/aromatic N) is 2. The number of nitrogens with one attached hydrogen (secondary N) is 1. The Morgan fingerprint density at radius 2 is 1.92 bits per heavy atom. The van der Waals surface area contributed by atoms with Crippen LogP contribution in [-0.4, -0.2) is 67.6 Å². The molecule has 1 unspecified atom stereocenters. The Morgan fingerprint density at radius 3 is 2.76 bits per heavy atom. The van der Waals surface area contributed by atoms with E-state index in [9.17, 15) is 4.79 Å². The first-order valence-corrected chi connectivity index (χ1v) is 9.77. The van der Waals surface area contributed by atoms with Gasteiger partial charge in [0.15, 0.2) is 6.61 Å². The van der Waals surface area contributed by atoms with Crippen LogP contribution in [-0.2, 0) is 17.6 Å². The van der Waals surface area contributed by atoms with Gasteiger partial charge in [0.05, 0.1) is 0 Å². The van der Waals surface area contributed by atoms with Crippen molar-refractivity contribution in [2.24, 2.45) is 0 Å². The summed E-state index contributed by atoms with van der Waals surface area (Å²) in [5.74, 6) is 0.960. The van der Waals surface area contributed by atoms with Crippen molar-refractivity contribution < 1.29 is 9.53 Å². The summed E-state index contributed by atoms with van der Waals surface area (Å²) in [7, 11) is 0. The van der Waals surface area contributed by atoms with Crippen molar-refractivity contribution in [1.82, 2.24) is 15.1 Å². The average molecular weight is 343 g/mol. The molecule has 1 atom stereocenters. The van der Waals surface area contributed by atoms with Crippen LogP contribution >= 0.6 is 0 Å². The van der Waals surface area contributed by atoms with Gasteiger partial charge >= 0.3 is 0 Å². The molecule has 3 aliphatic rings. The highest BCUT2D eigenvalue weighted by atomic mass is 16.5. The van der Waals surface area contributed by atoms with Crippen molar-refractivity contribution in [2.75, 3.05) is 45.9 Å². The second-order valence-electron chi connectivity index (χ2n) is 7.49. The average Bonchev–Trinajstić information content (AvgIpc) is 3.17. The lowest BCUT2D eigenvalue weighted by molar-refractivity contribution is -0.132. The third-order valence-electron chi connectivity index (χ3n) is 5.87. The maximum atomic E-state index is 12.5. The van der Waals surface area contributed by atoms with E-state index in [2.05, 4.69) is 22.3 Å². The number of rotatable bonds is 4. The number of ether oxygens (including phenoxy) is 1. The van der Waals surface area contributed by atoms with Gasteiger partial charge in [-0.3, -0.25) is 9.69 Å². The number of amides is 1. The van der Waals surface area contributed by atoms with Crippen LogP contribution in [0.15, 0.2) is 18.2 Å². The predicted molar refractivity (Wildman–Crippen MR) is 98.0 cm³/mol. The molecular formula is C20H29N3O2. The molecule has 136 valence electrons. The number of piperazine rings is 1. The maximum Gasteiger partial charge on any atom is 0.260 e. The number of hydrogen-bond donors (Lipinski definition) is 1. The standard InChI is InChI=1S/C20H29N3O2/c24-20(23-10-7-18(14-23)22-11-8-21-9-12-22)15-25-19-6-5-16-3-1-2-4-17(16)13-19/h5-6,13,18,21H,1-4,7-12,14-15H2. The molecule has 2 fully saturated rings. The Kier molecular flexibility index (Phi) is 5.22. The van der Waals surface area contributed by atoms with Gasteiger partial charge in [0.2, 0.25) is 0 Å². The van der Waals surface area contributed by atoms with Gasteiger partial charge in [-0.15, -0.1) is 0 Å². The van der Waals surface area contributed by atoms with Gasteiger partial charge in [-0.1, -0.05) is 6.07 Å². The van der Waals surface area contributed by atoms with Crippen molar-refractivity contribution in [3.63, 3.8) is 0 Å². The highest BCUT2D eigenvalue weighted by Gasteiger charge is 2.30. The first-order chi connectivity index (χ1) is 12.3. The van der Waals surface area contributed by atoms with Crippen LogP contribution in [0.3, 0.4) is 0 Å². The number of carbonyl (C=O) groups excluding carboxylic acids is 1. The Hall–Kier alpha value is -1.59. The highest BCUT2D eigenvalue weighted by molar-refractivity contribution is 5.78. The molecule has 5 heteroatoms. The zero-order valence-corrected chi connectivity index (χ0v) is 15.0. The molecule has 0 saturated carbocycles. The van der Waals surface area contributed by atoms with Crippen LogP contribution in [0.2, 0.25) is 0 Å². The first kappa shape index (κ1) is 16.9. The number of likely N-dealkylation sites (tertiary alicyclic amines) is 1. The molecule has 0 bridgehead atoms. The summed E-state index contributed by atoms with van der Waals surface area (Å²) in [5.41, 5.74) is 2.85. The number of fused-ring (bicyclic) bond motifs is 1. The van der Waals surface area contributed by atoms with Crippen molar-refractivity contribution in [3.05, 3.63) is 29.3 Å². The smallest absolute Gasteiger partial charge is 0.260 e. The molecule has 1 aliphatic carbocycles. The zero-order chi connectivity index (χ0) is 17.1. The first-order valence-electron chi connectivity index (χ1n) is 9.77. The van der Waals surface area contributed by atoms with Crippen LogP contribution in [0.4, 0.5) is 0 Å². The lowest BCUT2D eigenvalue weighted by atomic mass is 9.92. The molecule has 1 N–H and O–H groups in total. The van der Waals surface area contributed by atoms with Gasteiger partial charge in [0.1, 0.15) is 5.75 Å². The molecule has 0 spiro atoms. The third-order valence-corrected chi connectivity index (χ3v) is 5.87. The fourth-order valence-corrected chi connectivity index (χ4v) is 4.35. The molecule has 2 heterocycles. The van der Waals surface area contributed by atoms with E-state index < -0.39 is 0 Å². The van der Waals surface area contributed by atoms with Crippen LogP contribution in [0.1, 0.15) is 30.4 Å². The Bertz CT molecular complexity index is 613. The van der Waals surface area contributed by atoms with E-state index in [0.717, 1.165) is 57.9 Å². The Labute approximate surface area is 150 Å². The molecule has 25 heavy (non-hydrogen) atoms. The fraction of sp³-hybridized carbons (Fsp3) is 0.650. The number of carbonyl (C=O) groups is 1. The highest BCUT2D eigenvalue weighted by Crippen LogP contribution is 2.25. The second kappa shape index (κ2) is 7.75. The minimum absolute atomic E-state index is 0.121. The lowest BCUT2D eigenvalue weighted by Gasteiger charge is -2.32. The molecule has 2 saturated heterocycles. The van der Waals surface area contributed by atoms with Gasteiger partial charge in [0, 0.05) is 45.3 Å². The molecular weight excluding hydrogens is 314 g/mol. The van der Waals surface area contributed by atoms with Crippen LogP contribution in [0.25, 0.3) is 0 Å². The summed E-state index contributed by atoms with van der Waals surface area (Å²) in [4.78, 5) is 17.0. The van der Waals surface area contributed by atoms with E-state index in [4.69, 9.17) is 4.74 Å². The minimum Gasteiger partial charge on any atom is -0.484 e. The summed E-state index contributed by atoms with van der Waals surface area (Å²) in [5, 5.41) is 3.39. The van der Waals surface area contributed by atoms with E-state index in [0.29, 0.717) is 6.04 Å². The molecule has 5 nitrogen and oxygen atoms in total. The molecule has 0 radical (unpaired) electrons. The fourth-order valence-electron chi connectivity index (χ4n) is 4.35. The van der Waals surface area contributed by atoms with Gasteiger partial charge in [-0.25, -0.2) is 0 Å². The summed E-state index contributed by atoms with van der Waals surface area (Å²) in [6.07, 6.45) is 5.95. The largest absolute Gasteiger partial charge is 0.484 e. The van der Waals surface area contributed by atoms with Crippen molar-refractivity contribution in [1.29, 1.82) is 0 Å². The van der Waals surface area contributed by atoms with E-state index in [-0.39, 0.29) is 12.5 Å². The number of aryl methyl sites for hydroxylation is 2. The summed E-state index contributed by atoms with van der Waals surface area (Å²) < 4.78 is 5.81. The van der Waals surface area contributed by atoms with Crippen LogP contribution < -0.4 is 10.1 Å². The summed E-state index contributed by atoms with van der Waals surface area (Å²) >= 11 is 0. The second-order valence-corrected chi connectivity index (χ2v) is 7.49. The van der Waals surface area contributed by atoms with Crippen molar-refractivity contribution in [2.45, 2.75) is 38.1 Å². The molecule has 4 rings (SSSR count). The molecule has 1 aromatic rings. The topological polar surface area (TPSA) is 44.8 Å². The molecule has 0 aromatic heterocycles. The summed E-state index contributed by atoms with van der Waals surface area (Å²) in [6.45, 7) is 6.19. The van der Waals surface area contributed by atoms with Gasteiger partial charge in [0.25, 0.3) is 5.91 Å². The molecule has 1 aromatic carbocycles. The summed E-state index contributed by atoms with van der Waals surface area (Å²) in [6, 6.07) is 6.85. The Balaban J connectivity index is 1.28. The van der Waals surface area contributed by atoms with Gasteiger partial charge in [-0.2, -0.15) is 0 Å². The SMILES string of the molecule is O=C(COc1ccc2c(c1)CCCC2)N1CCC(N2CCNCC2)C1. The maximum absolute atomic E-state index is 12.5. The van der Waals surface area contributed by atoms with E-state index in [1.807, 2.05) is 11.0 Å². The van der Waals surface area contributed by atoms with E-state index in [1.54, 1.807) is 0 Å². The third kappa shape index (κ3) is 3.98. The zero-order valence-electron chi connectivity index (χ0n) is 15.0. The van der Waals surface area contributed by atoms with E-state index >= 15 is 0 Å².